The minimum absolute atomic E-state index is 0. The van der Waals surface area contributed by atoms with Crippen LogP contribution in [0.5, 0.6) is 0 Å². The Hall–Kier alpha value is -0.860. The van der Waals surface area contributed by atoms with E-state index in [1.807, 2.05) is 0 Å². The molecule has 0 saturated carbocycles. The van der Waals surface area contributed by atoms with Gasteiger partial charge in [0.2, 0.25) is 5.89 Å². The molecule has 7 heteroatoms. The second kappa shape index (κ2) is 9.99. The van der Waals surface area contributed by atoms with E-state index in [-0.39, 0.29) is 24.0 Å². The molecule has 0 aliphatic heterocycles. The summed E-state index contributed by atoms with van der Waals surface area (Å²) in [5, 5.41) is 10.3. The number of halogens is 1. The first-order valence-electron chi connectivity index (χ1n) is 6.43. The van der Waals surface area contributed by atoms with E-state index in [0.717, 1.165) is 12.5 Å². The van der Waals surface area contributed by atoms with E-state index in [4.69, 9.17) is 4.52 Å². The summed E-state index contributed by atoms with van der Waals surface area (Å²) >= 11 is 0. The summed E-state index contributed by atoms with van der Waals surface area (Å²) in [4.78, 5) is 8.28. The Labute approximate surface area is 131 Å². The first kappa shape index (κ1) is 18.1. The SMILES string of the molecule is CCC(CC)CNC(=NC)NCc1noc(C)n1.I. The summed E-state index contributed by atoms with van der Waals surface area (Å²) in [6.45, 7) is 7.62. The van der Waals surface area contributed by atoms with E-state index in [0.29, 0.717) is 24.2 Å². The number of aliphatic imine (C=N–C) groups is 1. The molecule has 110 valence electrons. The molecule has 0 amide bonds. The van der Waals surface area contributed by atoms with E-state index in [1.54, 1.807) is 14.0 Å². The molecule has 1 aromatic heterocycles. The normalized spacial score (nSPS) is 11.3. The molecule has 19 heavy (non-hydrogen) atoms. The van der Waals surface area contributed by atoms with Crippen molar-refractivity contribution in [2.24, 2.45) is 10.9 Å². The van der Waals surface area contributed by atoms with Gasteiger partial charge in [-0.2, -0.15) is 4.98 Å². The molecule has 0 aromatic carbocycles. The first-order valence-corrected chi connectivity index (χ1v) is 6.43. The lowest BCUT2D eigenvalue weighted by molar-refractivity contribution is 0.386. The van der Waals surface area contributed by atoms with Crippen molar-refractivity contribution in [1.29, 1.82) is 0 Å². The average molecular weight is 381 g/mol. The van der Waals surface area contributed by atoms with Gasteiger partial charge in [0.25, 0.3) is 0 Å². The fraction of sp³-hybridized carbons (Fsp3) is 0.750. The van der Waals surface area contributed by atoms with Gasteiger partial charge >= 0.3 is 0 Å². The van der Waals surface area contributed by atoms with E-state index < -0.39 is 0 Å². The zero-order valence-corrected chi connectivity index (χ0v) is 14.4. The molecule has 6 nitrogen and oxygen atoms in total. The van der Waals surface area contributed by atoms with Crippen LogP contribution in [0.15, 0.2) is 9.52 Å². The van der Waals surface area contributed by atoms with Crippen LogP contribution in [0.25, 0.3) is 0 Å². The zero-order chi connectivity index (χ0) is 13.4. The van der Waals surface area contributed by atoms with Crippen molar-refractivity contribution in [3.63, 3.8) is 0 Å². The Bertz CT molecular complexity index is 376. The molecular weight excluding hydrogens is 357 g/mol. The lowest BCUT2D eigenvalue weighted by atomic mass is 10.0. The summed E-state index contributed by atoms with van der Waals surface area (Å²) in [6.07, 6.45) is 2.34. The third-order valence-corrected chi connectivity index (χ3v) is 2.92. The minimum atomic E-state index is 0. The third kappa shape index (κ3) is 6.74. The van der Waals surface area contributed by atoms with Crippen molar-refractivity contribution in [2.45, 2.75) is 40.2 Å². The summed E-state index contributed by atoms with van der Waals surface area (Å²) in [6, 6.07) is 0. The molecule has 0 atom stereocenters. The third-order valence-electron chi connectivity index (χ3n) is 2.92. The predicted octanol–water partition coefficient (Wildman–Crippen LogP) is 2.10. The van der Waals surface area contributed by atoms with Crippen LogP contribution in [0.3, 0.4) is 0 Å². The maximum absolute atomic E-state index is 4.90. The molecule has 0 spiro atoms. The van der Waals surface area contributed by atoms with Crippen LogP contribution in [0.4, 0.5) is 0 Å². The van der Waals surface area contributed by atoms with Crippen molar-refractivity contribution in [1.82, 2.24) is 20.8 Å². The second-order valence-electron chi connectivity index (χ2n) is 4.22. The van der Waals surface area contributed by atoms with E-state index in [9.17, 15) is 0 Å². The van der Waals surface area contributed by atoms with Gasteiger partial charge in [0.15, 0.2) is 11.8 Å². The molecule has 2 N–H and O–H groups in total. The van der Waals surface area contributed by atoms with Crippen molar-refractivity contribution < 1.29 is 4.52 Å². The van der Waals surface area contributed by atoms with Gasteiger partial charge in [0, 0.05) is 20.5 Å². The molecule has 0 saturated heterocycles. The van der Waals surface area contributed by atoms with Crippen molar-refractivity contribution in [3.8, 4) is 0 Å². The van der Waals surface area contributed by atoms with Gasteiger partial charge in [-0.25, -0.2) is 0 Å². The van der Waals surface area contributed by atoms with Crippen LogP contribution in [0.2, 0.25) is 0 Å². The summed E-state index contributed by atoms with van der Waals surface area (Å²) in [5.74, 6) is 2.66. The number of aromatic nitrogens is 2. The molecule has 1 heterocycles. The number of nitrogens with one attached hydrogen (secondary N) is 2. The van der Waals surface area contributed by atoms with E-state index >= 15 is 0 Å². The number of nitrogens with zero attached hydrogens (tertiary/aromatic N) is 3. The molecule has 0 fully saturated rings. The number of hydrogen-bond donors (Lipinski definition) is 2. The monoisotopic (exact) mass is 381 g/mol. The average Bonchev–Trinajstić information content (AvgIpc) is 2.80. The Kier molecular flexibility index (Phi) is 9.54. The van der Waals surface area contributed by atoms with Crippen LogP contribution in [0.1, 0.15) is 38.4 Å². The summed E-state index contributed by atoms with van der Waals surface area (Å²) in [7, 11) is 1.75. The highest BCUT2D eigenvalue weighted by Crippen LogP contribution is 2.04. The van der Waals surface area contributed by atoms with Crippen molar-refractivity contribution >= 4 is 29.9 Å². The summed E-state index contributed by atoms with van der Waals surface area (Å²) < 4.78 is 4.90. The second-order valence-corrected chi connectivity index (χ2v) is 4.22. The molecule has 0 aliphatic rings. The number of guanidine groups is 1. The number of aryl methyl sites for hydroxylation is 1. The van der Waals surface area contributed by atoms with Crippen LogP contribution < -0.4 is 10.6 Å². The predicted molar refractivity (Wildman–Crippen MR) is 86.7 cm³/mol. The van der Waals surface area contributed by atoms with Crippen LogP contribution in [-0.2, 0) is 6.54 Å². The maximum atomic E-state index is 4.90. The maximum Gasteiger partial charge on any atom is 0.223 e. The fourth-order valence-electron chi connectivity index (χ4n) is 1.61. The fourth-order valence-corrected chi connectivity index (χ4v) is 1.61. The van der Waals surface area contributed by atoms with Gasteiger partial charge in [-0.15, -0.1) is 24.0 Å². The quantitative estimate of drug-likeness (QED) is 0.449. The minimum Gasteiger partial charge on any atom is -0.356 e. The Morgan fingerprint density at radius 2 is 2.00 bits per heavy atom. The van der Waals surface area contributed by atoms with Crippen LogP contribution >= 0.6 is 24.0 Å². The molecule has 0 aliphatic carbocycles. The molecule has 0 unspecified atom stereocenters. The highest BCUT2D eigenvalue weighted by molar-refractivity contribution is 14.0. The highest BCUT2D eigenvalue weighted by atomic mass is 127. The van der Waals surface area contributed by atoms with Gasteiger partial charge in [0.1, 0.15) is 0 Å². The smallest absolute Gasteiger partial charge is 0.223 e. The standard InChI is InChI=1S/C12H23N5O.HI/c1-5-10(6-2)7-14-12(13-4)15-8-11-16-9(3)18-17-11;/h10H,5-8H2,1-4H3,(H2,13,14,15);1H. The van der Waals surface area contributed by atoms with Crippen LogP contribution in [-0.4, -0.2) is 29.7 Å². The van der Waals surface area contributed by atoms with Crippen molar-refractivity contribution in [3.05, 3.63) is 11.7 Å². The van der Waals surface area contributed by atoms with E-state index in [2.05, 4.69) is 39.6 Å². The van der Waals surface area contributed by atoms with Gasteiger partial charge in [-0.3, -0.25) is 4.99 Å². The Morgan fingerprint density at radius 3 is 2.47 bits per heavy atom. The zero-order valence-electron chi connectivity index (χ0n) is 12.1. The van der Waals surface area contributed by atoms with Crippen molar-refractivity contribution in [2.75, 3.05) is 13.6 Å². The molecule has 1 rings (SSSR count). The summed E-state index contributed by atoms with van der Waals surface area (Å²) in [5.41, 5.74) is 0. The lowest BCUT2D eigenvalue weighted by Crippen LogP contribution is -2.39. The topological polar surface area (TPSA) is 75.3 Å². The van der Waals surface area contributed by atoms with Gasteiger partial charge < -0.3 is 15.2 Å². The van der Waals surface area contributed by atoms with Gasteiger partial charge in [-0.05, 0) is 5.92 Å². The highest BCUT2D eigenvalue weighted by Gasteiger charge is 2.06. The Morgan fingerprint density at radius 1 is 1.32 bits per heavy atom. The first-order chi connectivity index (χ1) is 8.69. The molecule has 0 radical (unpaired) electrons. The number of rotatable bonds is 6. The largest absolute Gasteiger partial charge is 0.356 e. The number of hydrogen-bond acceptors (Lipinski definition) is 4. The molecular formula is C12H24IN5O. The van der Waals surface area contributed by atoms with Crippen LogP contribution in [0, 0.1) is 12.8 Å². The Balaban J connectivity index is 0.00000324. The molecule has 0 bridgehead atoms. The molecule has 1 aromatic rings. The van der Waals surface area contributed by atoms with E-state index in [1.165, 1.54) is 12.8 Å². The van der Waals surface area contributed by atoms with Gasteiger partial charge in [0.05, 0.1) is 6.54 Å². The van der Waals surface area contributed by atoms with Gasteiger partial charge in [-0.1, -0.05) is 31.8 Å². The lowest BCUT2D eigenvalue weighted by Gasteiger charge is -2.16.